The van der Waals surface area contributed by atoms with Crippen LogP contribution in [0.2, 0.25) is 0 Å². The van der Waals surface area contributed by atoms with Crippen LogP contribution < -0.4 is 10.6 Å². The first-order valence-electron chi connectivity index (χ1n) is 7.41. The van der Waals surface area contributed by atoms with Gasteiger partial charge in [0, 0.05) is 19.6 Å². The molecule has 8 heteroatoms. The zero-order chi connectivity index (χ0) is 15.5. The molecule has 2 heterocycles. The first kappa shape index (κ1) is 16.2. The van der Waals surface area contributed by atoms with Crippen LogP contribution in [0, 0.1) is 5.92 Å². The van der Waals surface area contributed by atoms with Crippen LogP contribution in [0.4, 0.5) is 0 Å². The summed E-state index contributed by atoms with van der Waals surface area (Å²) in [6.45, 7) is 1.32. The minimum atomic E-state index is -3.27. The summed E-state index contributed by atoms with van der Waals surface area (Å²) in [6, 6.07) is -0.492. The molecule has 7 nitrogen and oxygen atoms in total. The van der Waals surface area contributed by atoms with E-state index >= 15 is 0 Å². The molecule has 2 N–H and O–H groups in total. The quantitative estimate of drug-likeness (QED) is 0.729. The number of carbonyl (C=O) groups excluding carboxylic acids is 2. The fourth-order valence-corrected chi connectivity index (χ4v) is 3.74. The second-order valence-corrected chi connectivity index (χ2v) is 7.79. The number of carbonyl (C=O) groups is 2. The Labute approximate surface area is 125 Å². The zero-order valence-corrected chi connectivity index (χ0v) is 13.1. The van der Waals surface area contributed by atoms with Crippen molar-refractivity contribution < 1.29 is 18.0 Å². The van der Waals surface area contributed by atoms with Gasteiger partial charge in [0.15, 0.2) is 0 Å². The molecule has 21 heavy (non-hydrogen) atoms. The lowest BCUT2D eigenvalue weighted by Gasteiger charge is -2.30. The van der Waals surface area contributed by atoms with E-state index in [1.807, 2.05) is 0 Å². The molecule has 2 aliphatic heterocycles. The third-order valence-electron chi connectivity index (χ3n) is 4.08. The number of hydrogen-bond donors (Lipinski definition) is 2. The fourth-order valence-electron chi connectivity index (χ4n) is 2.82. The first-order valence-corrected chi connectivity index (χ1v) is 9.26. The van der Waals surface area contributed by atoms with Crippen molar-refractivity contribution in [2.24, 2.45) is 5.92 Å². The highest BCUT2D eigenvalue weighted by molar-refractivity contribution is 7.88. The number of hydrogen-bond acceptors (Lipinski definition) is 4. The van der Waals surface area contributed by atoms with Crippen LogP contribution in [0.15, 0.2) is 0 Å². The summed E-state index contributed by atoms with van der Waals surface area (Å²) in [4.78, 5) is 24.1. The summed E-state index contributed by atoms with van der Waals surface area (Å²) in [5.41, 5.74) is 0. The second-order valence-electron chi connectivity index (χ2n) is 5.81. The van der Waals surface area contributed by atoms with E-state index in [0.717, 1.165) is 19.1 Å². The molecule has 0 aromatic rings. The van der Waals surface area contributed by atoms with Gasteiger partial charge in [-0.2, -0.15) is 0 Å². The van der Waals surface area contributed by atoms with Crippen molar-refractivity contribution in [3.8, 4) is 0 Å². The summed E-state index contributed by atoms with van der Waals surface area (Å²) in [5, 5.41) is 5.55. The number of piperidine rings is 1. The molecule has 0 unspecified atom stereocenters. The van der Waals surface area contributed by atoms with Gasteiger partial charge < -0.3 is 10.6 Å². The monoisotopic (exact) mass is 317 g/mol. The van der Waals surface area contributed by atoms with E-state index in [-0.39, 0.29) is 24.3 Å². The topological polar surface area (TPSA) is 95.6 Å². The van der Waals surface area contributed by atoms with Gasteiger partial charge in [0.05, 0.1) is 12.2 Å². The van der Waals surface area contributed by atoms with Crippen LogP contribution in [0.25, 0.3) is 0 Å². The standard InChI is InChI=1S/C13H23N3O4S/c1-21(19,20)16-8-4-5-10(9-16)12(17)15-11-6-2-3-7-14-13(11)18/h10-11H,2-9H2,1H3,(H,14,18)(H,15,17)/t10-,11+/m0/s1. The normalized spacial score (nSPS) is 28.5. The summed E-state index contributed by atoms with van der Waals surface area (Å²) in [6.07, 6.45) is 4.94. The van der Waals surface area contributed by atoms with Gasteiger partial charge in [0.2, 0.25) is 21.8 Å². The number of sulfonamides is 1. The maximum atomic E-state index is 12.3. The van der Waals surface area contributed by atoms with Crippen LogP contribution in [0.5, 0.6) is 0 Å². The van der Waals surface area contributed by atoms with Gasteiger partial charge in [-0.25, -0.2) is 12.7 Å². The largest absolute Gasteiger partial charge is 0.354 e. The third kappa shape index (κ3) is 4.41. The maximum Gasteiger partial charge on any atom is 0.242 e. The van der Waals surface area contributed by atoms with Gasteiger partial charge in [0.1, 0.15) is 6.04 Å². The Morgan fingerprint density at radius 1 is 1.29 bits per heavy atom. The SMILES string of the molecule is CS(=O)(=O)N1CCC[C@H](C(=O)N[C@@H]2CCCCNC2=O)C1. The Hall–Kier alpha value is -1.15. The van der Waals surface area contributed by atoms with Crippen LogP contribution in [0.1, 0.15) is 32.1 Å². The molecule has 120 valence electrons. The lowest BCUT2D eigenvalue weighted by atomic mass is 9.98. The maximum absolute atomic E-state index is 12.3. The molecular formula is C13H23N3O4S. The van der Waals surface area contributed by atoms with Gasteiger partial charge in [-0.05, 0) is 32.1 Å². The zero-order valence-electron chi connectivity index (χ0n) is 12.3. The predicted octanol–water partition coefficient (Wildman–Crippen LogP) is -0.557. The highest BCUT2D eigenvalue weighted by atomic mass is 32.2. The Kier molecular flexibility index (Phi) is 5.21. The van der Waals surface area contributed by atoms with Crippen molar-refractivity contribution in [3.63, 3.8) is 0 Å². The van der Waals surface area contributed by atoms with Gasteiger partial charge in [-0.15, -0.1) is 0 Å². The molecule has 0 aromatic heterocycles. The lowest BCUT2D eigenvalue weighted by Crippen LogP contribution is -2.51. The van der Waals surface area contributed by atoms with Gasteiger partial charge in [0.25, 0.3) is 0 Å². The van der Waals surface area contributed by atoms with Crippen LogP contribution >= 0.6 is 0 Å². The smallest absolute Gasteiger partial charge is 0.242 e. The Bertz CT molecular complexity index is 506. The summed E-state index contributed by atoms with van der Waals surface area (Å²) in [7, 11) is -3.27. The van der Waals surface area contributed by atoms with Crippen molar-refractivity contribution in [1.29, 1.82) is 0 Å². The van der Waals surface area contributed by atoms with E-state index in [9.17, 15) is 18.0 Å². The van der Waals surface area contributed by atoms with Crippen LogP contribution in [-0.4, -0.2) is 56.5 Å². The highest BCUT2D eigenvalue weighted by Crippen LogP contribution is 2.19. The summed E-state index contributed by atoms with van der Waals surface area (Å²) in [5.74, 6) is -0.730. The van der Waals surface area contributed by atoms with E-state index in [2.05, 4.69) is 10.6 Å². The number of nitrogens with zero attached hydrogens (tertiary/aromatic N) is 1. The van der Waals surface area contributed by atoms with E-state index in [1.165, 1.54) is 4.31 Å². The van der Waals surface area contributed by atoms with E-state index in [1.54, 1.807) is 0 Å². The number of amides is 2. The molecule has 0 aromatic carbocycles. The molecule has 2 atom stereocenters. The van der Waals surface area contributed by atoms with Crippen molar-refractivity contribution in [3.05, 3.63) is 0 Å². The molecular weight excluding hydrogens is 294 g/mol. The number of nitrogens with one attached hydrogen (secondary N) is 2. The van der Waals surface area contributed by atoms with Gasteiger partial charge in [-0.3, -0.25) is 9.59 Å². The average molecular weight is 317 g/mol. The average Bonchev–Trinajstić information content (AvgIpc) is 2.63. The van der Waals surface area contributed by atoms with E-state index < -0.39 is 16.1 Å². The minimum absolute atomic E-state index is 0.142. The molecule has 0 aliphatic carbocycles. The fraction of sp³-hybridized carbons (Fsp3) is 0.846. The second kappa shape index (κ2) is 6.74. The van der Waals surface area contributed by atoms with Crippen molar-refractivity contribution in [2.45, 2.75) is 38.1 Å². The molecule has 2 fully saturated rings. The molecule has 2 rings (SSSR count). The molecule has 0 bridgehead atoms. The van der Waals surface area contributed by atoms with Crippen molar-refractivity contribution in [1.82, 2.24) is 14.9 Å². The molecule has 2 aliphatic rings. The van der Waals surface area contributed by atoms with Crippen molar-refractivity contribution >= 4 is 21.8 Å². The predicted molar refractivity (Wildman–Crippen MR) is 77.9 cm³/mol. The molecule has 0 spiro atoms. The molecule has 2 saturated heterocycles. The third-order valence-corrected chi connectivity index (χ3v) is 5.35. The highest BCUT2D eigenvalue weighted by Gasteiger charge is 2.32. The van der Waals surface area contributed by atoms with Crippen LogP contribution in [-0.2, 0) is 19.6 Å². The van der Waals surface area contributed by atoms with Crippen LogP contribution in [0.3, 0.4) is 0 Å². The summed E-state index contributed by atoms with van der Waals surface area (Å²) >= 11 is 0. The molecule has 0 saturated carbocycles. The molecule has 2 amide bonds. The Morgan fingerprint density at radius 3 is 2.76 bits per heavy atom. The Morgan fingerprint density at radius 2 is 2.05 bits per heavy atom. The first-order chi connectivity index (χ1) is 9.88. The number of rotatable bonds is 3. The summed E-state index contributed by atoms with van der Waals surface area (Å²) < 4.78 is 24.5. The van der Waals surface area contributed by atoms with E-state index in [4.69, 9.17) is 0 Å². The minimum Gasteiger partial charge on any atom is -0.354 e. The van der Waals surface area contributed by atoms with Gasteiger partial charge >= 0.3 is 0 Å². The lowest BCUT2D eigenvalue weighted by molar-refractivity contribution is -0.131. The Balaban J connectivity index is 1.94. The molecule has 0 radical (unpaired) electrons. The van der Waals surface area contributed by atoms with E-state index in [0.29, 0.717) is 32.4 Å². The van der Waals surface area contributed by atoms with Gasteiger partial charge in [-0.1, -0.05) is 0 Å². The van der Waals surface area contributed by atoms with Crippen molar-refractivity contribution in [2.75, 3.05) is 25.9 Å².